The molecule has 2 fully saturated rings. The fourth-order valence-electron chi connectivity index (χ4n) is 5.53. The number of likely N-dealkylation sites (N-methyl/N-ethyl adjacent to an activating group) is 1. The molecular formula is C27H32F3N5O3. The van der Waals surface area contributed by atoms with Crippen LogP contribution in [0.4, 0.5) is 29.5 Å². The lowest BCUT2D eigenvalue weighted by Crippen LogP contribution is -2.71. The molecule has 1 unspecified atom stereocenters. The highest BCUT2D eigenvalue weighted by molar-refractivity contribution is 6.12. The molecule has 1 saturated heterocycles. The highest BCUT2D eigenvalue weighted by Gasteiger charge is 2.57. The Kier molecular flexibility index (Phi) is 7.94. The van der Waals surface area contributed by atoms with E-state index in [-0.39, 0.29) is 12.2 Å². The summed E-state index contributed by atoms with van der Waals surface area (Å²) in [6.07, 6.45) is -0.318. The molecule has 2 aromatic rings. The molecule has 1 aromatic carbocycles. The zero-order valence-electron chi connectivity index (χ0n) is 21.4. The first-order chi connectivity index (χ1) is 18.0. The summed E-state index contributed by atoms with van der Waals surface area (Å²) in [4.78, 5) is 46.0. The Balaban J connectivity index is 1.62. The molecule has 1 aliphatic carbocycles. The van der Waals surface area contributed by atoms with Gasteiger partial charge in [0.1, 0.15) is 17.9 Å². The highest BCUT2D eigenvalue weighted by Crippen LogP contribution is 2.37. The van der Waals surface area contributed by atoms with Crippen LogP contribution in [0.1, 0.15) is 43.2 Å². The lowest BCUT2D eigenvalue weighted by atomic mass is 9.81. The van der Waals surface area contributed by atoms with Gasteiger partial charge in [0.15, 0.2) is 0 Å². The highest BCUT2D eigenvalue weighted by atomic mass is 19.4. The van der Waals surface area contributed by atoms with Crippen LogP contribution < -0.4 is 16.0 Å². The smallest absolute Gasteiger partial charge is 0.384 e. The number of urea groups is 1. The van der Waals surface area contributed by atoms with Gasteiger partial charge in [0.05, 0.1) is 5.92 Å². The molecule has 1 aliphatic heterocycles. The van der Waals surface area contributed by atoms with Gasteiger partial charge in [-0.15, -0.1) is 0 Å². The number of pyridine rings is 1. The Labute approximate surface area is 219 Å². The molecule has 0 spiro atoms. The van der Waals surface area contributed by atoms with E-state index in [0.717, 1.165) is 12.0 Å². The summed E-state index contributed by atoms with van der Waals surface area (Å²) in [6.45, 7) is 1.81. The largest absolute Gasteiger partial charge is 0.408 e. The van der Waals surface area contributed by atoms with E-state index < -0.39 is 47.9 Å². The van der Waals surface area contributed by atoms with Crippen molar-refractivity contribution in [3.8, 4) is 0 Å². The number of aromatic nitrogens is 1. The Morgan fingerprint density at radius 3 is 2.50 bits per heavy atom. The molecule has 0 radical (unpaired) electrons. The number of imide groups is 1. The molecule has 1 aromatic heterocycles. The van der Waals surface area contributed by atoms with Crippen molar-refractivity contribution in [2.24, 2.45) is 11.8 Å². The van der Waals surface area contributed by atoms with Crippen LogP contribution in [0.3, 0.4) is 0 Å². The summed E-state index contributed by atoms with van der Waals surface area (Å²) in [6, 6.07) is 5.72. The number of para-hydroxylation sites is 1. The molecule has 4 amide bonds. The first kappa shape index (κ1) is 27.4. The van der Waals surface area contributed by atoms with E-state index in [1.54, 1.807) is 24.3 Å². The van der Waals surface area contributed by atoms with Crippen LogP contribution in [0.2, 0.25) is 0 Å². The number of nitrogens with two attached hydrogens (primary N) is 1. The third-order valence-electron chi connectivity index (χ3n) is 7.55. The Morgan fingerprint density at radius 1 is 1.18 bits per heavy atom. The predicted molar refractivity (Wildman–Crippen MR) is 136 cm³/mol. The molecule has 0 bridgehead atoms. The number of β-lactam (4-membered cyclic amide) rings is 1. The summed E-state index contributed by atoms with van der Waals surface area (Å²) in [7, 11) is 1.52. The molecule has 2 aliphatic rings. The topological polar surface area (TPSA) is 109 Å². The van der Waals surface area contributed by atoms with Gasteiger partial charge >= 0.3 is 12.2 Å². The van der Waals surface area contributed by atoms with Gasteiger partial charge in [0.2, 0.25) is 5.91 Å². The minimum absolute atomic E-state index is 0.0820. The summed E-state index contributed by atoms with van der Waals surface area (Å²) >= 11 is 0. The quantitative estimate of drug-likeness (QED) is 0.543. The van der Waals surface area contributed by atoms with Crippen LogP contribution in [0.15, 0.2) is 42.6 Å². The number of halogens is 3. The van der Waals surface area contributed by atoms with Crippen LogP contribution in [0, 0.1) is 18.8 Å². The number of likely N-dealkylation sites (tertiary alicyclic amines) is 1. The summed E-state index contributed by atoms with van der Waals surface area (Å²) in [5, 5.41) is 2.07. The van der Waals surface area contributed by atoms with Crippen LogP contribution >= 0.6 is 0 Å². The van der Waals surface area contributed by atoms with Gasteiger partial charge in [0.25, 0.3) is 5.91 Å². The van der Waals surface area contributed by atoms with Crippen LogP contribution in [-0.2, 0) is 16.0 Å². The van der Waals surface area contributed by atoms with E-state index >= 15 is 0 Å². The fourth-order valence-corrected chi connectivity index (χ4v) is 5.53. The zero-order valence-corrected chi connectivity index (χ0v) is 21.4. The van der Waals surface area contributed by atoms with E-state index in [9.17, 15) is 27.6 Å². The predicted octanol–water partition coefficient (Wildman–Crippen LogP) is 4.23. The number of hydrogen-bond donors (Lipinski definition) is 2. The summed E-state index contributed by atoms with van der Waals surface area (Å²) in [5.41, 5.74) is 7.74. The molecule has 2 heterocycles. The number of rotatable bonds is 6. The molecule has 38 heavy (non-hydrogen) atoms. The van der Waals surface area contributed by atoms with Crippen molar-refractivity contribution in [3.05, 3.63) is 53.7 Å². The van der Waals surface area contributed by atoms with Crippen LogP contribution in [-0.4, -0.2) is 53.0 Å². The maximum Gasteiger partial charge on any atom is 0.408 e. The van der Waals surface area contributed by atoms with Crippen molar-refractivity contribution in [2.45, 2.75) is 63.7 Å². The number of anilines is 2. The maximum atomic E-state index is 14.0. The van der Waals surface area contributed by atoms with Gasteiger partial charge in [-0.05, 0) is 61.4 Å². The molecular weight excluding hydrogens is 499 g/mol. The molecule has 3 N–H and O–H groups in total. The van der Waals surface area contributed by atoms with Crippen molar-refractivity contribution in [3.63, 3.8) is 0 Å². The first-order valence-electron chi connectivity index (χ1n) is 12.7. The van der Waals surface area contributed by atoms with E-state index in [2.05, 4.69) is 10.3 Å². The van der Waals surface area contributed by atoms with Gasteiger partial charge in [-0.1, -0.05) is 37.5 Å². The lowest BCUT2D eigenvalue weighted by molar-refractivity contribution is -0.170. The Bertz CT molecular complexity index is 1200. The Hall–Kier alpha value is -3.63. The number of alkyl halides is 3. The normalized spacial score (nSPS) is 21.0. The minimum atomic E-state index is -4.68. The number of nitrogens with zero attached hydrogens (tertiary/aromatic N) is 3. The van der Waals surface area contributed by atoms with E-state index in [1.165, 1.54) is 18.1 Å². The molecule has 1 saturated carbocycles. The van der Waals surface area contributed by atoms with Crippen molar-refractivity contribution in [1.82, 2.24) is 15.2 Å². The first-order valence-corrected chi connectivity index (χ1v) is 12.7. The fraction of sp³-hybridized carbons (Fsp3) is 0.481. The number of aryl methyl sites for hydroxylation is 1. The van der Waals surface area contributed by atoms with E-state index in [4.69, 9.17) is 5.73 Å². The standard InChI is InChI=1S/C27H32F3N5O3/c1-16-8-6-7-11-20(16)34(2)25(37)22-19(14-17-12-13-32-21(31)15-17)24(36)35(22)26(38)33-23(27(28,29)30)18-9-4-3-5-10-18/h6-8,11-13,15,18-19,22-23H,3-5,9-10,14H2,1-2H3,(H2,31,32)(H,33,38)/t19-,22+,23?/m1/s1. The van der Waals surface area contributed by atoms with Gasteiger partial charge in [-0.25, -0.2) is 9.78 Å². The summed E-state index contributed by atoms with van der Waals surface area (Å²) in [5.74, 6) is -2.77. The molecule has 11 heteroatoms. The molecule has 3 atom stereocenters. The number of amides is 4. The number of nitrogens with one attached hydrogen (secondary N) is 1. The zero-order chi connectivity index (χ0) is 27.6. The monoisotopic (exact) mass is 531 g/mol. The van der Waals surface area contributed by atoms with Crippen molar-refractivity contribution >= 4 is 29.4 Å². The second kappa shape index (κ2) is 11.0. The van der Waals surface area contributed by atoms with Crippen molar-refractivity contribution in [2.75, 3.05) is 17.7 Å². The second-order valence-electron chi connectivity index (χ2n) is 10.1. The number of benzene rings is 1. The van der Waals surface area contributed by atoms with E-state index in [1.807, 2.05) is 19.1 Å². The minimum Gasteiger partial charge on any atom is -0.384 e. The van der Waals surface area contributed by atoms with Gasteiger partial charge in [-0.2, -0.15) is 13.2 Å². The lowest BCUT2D eigenvalue weighted by Gasteiger charge is -2.46. The molecule has 204 valence electrons. The maximum absolute atomic E-state index is 14.0. The van der Waals surface area contributed by atoms with Gasteiger partial charge in [0, 0.05) is 18.9 Å². The van der Waals surface area contributed by atoms with Gasteiger partial charge < -0.3 is 16.0 Å². The average Bonchev–Trinajstić information content (AvgIpc) is 2.88. The number of hydrogen-bond acceptors (Lipinski definition) is 5. The van der Waals surface area contributed by atoms with Gasteiger partial charge in [-0.3, -0.25) is 14.5 Å². The third kappa shape index (κ3) is 5.61. The van der Waals surface area contributed by atoms with Crippen molar-refractivity contribution in [1.29, 1.82) is 0 Å². The molecule has 8 nitrogen and oxygen atoms in total. The Morgan fingerprint density at radius 2 is 1.87 bits per heavy atom. The van der Waals surface area contributed by atoms with Crippen molar-refractivity contribution < 1.29 is 27.6 Å². The molecule has 4 rings (SSSR count). The summed E-state index contributed by atoms with van der Waals surface area (Å²) < 4.78 is 42.0. The van der Waals surface area contributed by atoms with Crippen LogP contribution in [0.5, 0.6) is 0 Å². The van der Waals surface area contributed by atoms with Crippen LogP contribution in [0.25, 0.3) is 0 Å². The second-order valence-corrected chi connectivity index (χ2v) is 10.1. The number of carbonyl (C=O) groups excluding carboxylic acids is 3. The SMILES string of the molecule is Cc1ccccc1N(C)C(=O)[C@@H]1[C@@H](Cc2ccnc(N)c2)C(=O)N1C(=O)NC(C1CCCCC1)C(F)(F)F. The number of carbonyl (C=O) groups is 3. The van der Waals surface area contributed by atoms with E-state index in [0.29, 0.717) is 41.8 Å². The number of nitrogen functional groups attached to an aromatic ring is 1. The average molecular weight is 532 g/mol. The third-order valence-corrected chi connectivity index (χ3v) is 7.55.